The molecule has 6 nitrogen and oxygen atoms in total. The van der Waals surface area contributed by atoms with Crippen LogP contribution in [0, 0.1) is 34.7 Å². The summed E-state index contributed by atoms with van der Waals surface area (Å²) >= 11 is 0. The highest BCUT2D eigenvalue weighted by Gasteiger charge is 2.33. The van der Waals surface area contributed by atoms with Crippen LogP contribution in [0.2, 0.25) is 0 Å². The van der Waals surface area contributed by atoms with Gasteiger partial charge in [-0.1, -0.05) is 20.8 Å². The number of ether oxygens (including phenoxy) is 1. The van der Waals surface area contributed by atoms with E-state index in [1.807, 2.05) is 5.32 Å². The average Bonchev–Trinajstić information content (AvgIpc) is 2.70. The molecule has 1 aliphatic rings. The third-order valence-electron chi connectivity index (χ3n) is 5.39. The molecule has 0 heterocycles. The third kappa shape index (κ3) is 6.47. The number of carbonyl (C=O) groups is 3. The van der Waals surface area contributed by atoms with Gasteiger partial charge in [0.05, 0.1) is 18.2 Å². The van der Waals surface area contributed by atoms with E-state index in [9.17, 15) is 27.6 Å². The van der Waals surface area contributed by atoms with Gasteiger partial charge in [-0.3, -0.25) is 14.4 Å². The summed E-state index contributed by atoms with van der Waals surface area (Å²) < 4.78 is 44.6. The van der Waals surface area contributed by atoms with E-state index in [0.29, 0.717) is 24.8 Å². The summed E-state index contributed by atoms with van der Waals surface area (Å²) in [6.45, 7) is 5.45. The monoisotopic (exact) mass is 428 g/mol. The Morgan fingerprint density at radius 2 is 1.63 bits per heavy atom. The molecule has 2 N–H and O–H groups in total. The minimum absolute atomic E-state index is 0.192. The smallest absolute Gasteiger partial charge is 0.309 e. The van der Waals surface area contributed by atoms with Gasteiger partial charge in [0.15, 0.2) is 24.1 Å². The summed E-state index contributed by atoms with van der Waals surface area (Å²) in [6, 6.07) is 1.53. The highest BCUT2D eigenvalue weighted by molar-refractivity contribution is 5.95. The van der Waals surface area contributed by atoms with Crippen molar-refractivity contribution in [3.8, 4) is 0 Å². The number of anilines is 1. The standard InChI is InChI=1S/C21H27F3N2O4/c1-21(2,3)13-6-4-12(5-7-13)20(29)30-11-17(28)25-10-16(27)26-15-9-8-14(22)18(23)19(15)24/h8-9,12-13H,4-7,10-11H2,1-3H3,(H,25,28)(H,26,27). The van der Waals surface area contributed by atoms with Crippen molar-refractivity contribution >= 4 is 23.5 Å². The van der Waals surface area contributed by atoms with E-state index < -0.39 is 54.1 Å². The van der Waals surface area contributed by atoms with Crippen molar-refractivity contribution in [1.29, 1.82) is 0 Å². The second-order valence-corrected chi connectivity index (χ2v) is 8.57. The van der Waals surface area contributed by atoms with Gasteiger partial charge in [-0.2, -0.15) is 0 Å². The molecule has 1 aromatic rings. The summed E-state index contributed by atoms with van der Waals surface area (Å²) in [5.74, 6) is -6.31. The van der Waals surface area contributed by atoms with E-state index in [0.717, 1.165) is 18.9 Å². The zero-order valence-electron chi connectivity index (χ0n) is 17.3. The van der Waals surface area contributed by atoms with Crippen molar-refractivity contribution in [3.05, 3.63) is 29.6 Å². The molecule has 0 bridgehead atoms. The first-order valence-corrected chi connectivity index (χ1v) is 9.85. The van der Waals surface area contributed by atoms with Crippen LogP contribution >= 0.6 is 0 Å². The van der Waals surface area contributed by atoms with Crippen LogP contribution in [0.25, 0.3) is 0 Å². The van der Waals surface area contributed by atoms with E-state index >= 15 is 0 Å². The highest BCUT2D eigenvalue weighted by Crippen LogP contribution is 2.40. The van der Waals surface area contributed by atoms with E-state index in [2.05, 4.69) is 26.1 Å². The predicted molar refractivity (Wildman–Crippen MR) is 104 cm³/mol. The van der Waals surface area contributed by atoms with Crippen LogP contribution < -0.4 is 10.6 Å². The minimum Gasteiger partial charge on any atom is -0.455 e. The van der Waals surface area contributed by atoms with Crippen LogP contribution in [0.4, 0.5) is 18.9 Å². The molecule has 1 fully saturated rings. The van der Waals surface area contributed by atoms with Gasteiger partial charge in [0.2, 0.25) is 5.91 Å². The third-order valence-corrected chi connectivity index (χ3v) is 5.39. The lowest BCUT2D eigenvalue weighted by Crippen LogP contribution is -2.36. The molecule has 0 atom stereocenters. The van der Waals surface area contributed by atoms with E-state index in [1.54, 1.807) is 0 Å². The fourth-order valence-electron chi connectivity index (χ4n) is 3.50. The van der Waals surface area contributed by atoms with Crippen molar-refractivity contribution in [2.24, 2.45) is 17.3 Å². The lowest BCUT2D eigenvalue weighted by atomic mass is 9.70. The Morgan fingerprint density at radius 3 is 2.23 bits per heavy atom. The van der Waals surface area contributed by atoms with Crippen molar-refractivity contribution in [2.45, 2.75) is 46.5 Å². The molecule has 0 radical (unpaired) electrons. The molecule has 0 aliphatic heterocycles. The molecular formula is C21H27F3N2O4. The van der Waals surface area contributed by atoms with Gasteiger partial charge in [0, 0.05) is 0 Å². The van der Waals surface area contributed by atoms with Crippen LogP contribution in [0.3, 0.4) is 0 Å². The van der Waals surface area contributed by atoms with Crippen LogP contribution in [0.1, 0.15) is 46.5 Å². The average molecular weight is 428 g/mol. The van der Waals surface area contributed by atoms with Crippen molar-refractivity contribution < 1.29 is 32.3 Å². The molecule has 0 spiro atoms. The lowest BCUT2D eigenvalue weighted by molar-refractivity contribution is -0.154. The number of hydrogen-bond donors (Lipinski definition) is 2. The quantitative estimate of drug-likeness (QED) is 0.536. The zero-order chi connectivity index (χ0) is 22.5. The first-order valence-electron chi connectivity index (χ1n) is 9.85. The Bertz CT molecular complexity index is 800. The van der Waals surface area contributed by atoms with E-state index in [1.165, 1.54) is 0 Å². The predicted octanol–water partition coefficient (Wildman–Crippen LogP) is 3.55. The number of carbonyl (C=O) groups excluding carboxylic acids is 3. The van der Waals surface area contributed by atoms with Crippen molar-refractivity contribution in [1.82, 2.24) is 5.32 Å². The molecule has 0 saturated heterocycles. The molecule has 166 valence electrons. The number of amides is 2. The van der Waals surface area contributed by atoms with Crippen LogP contribution in [0.5, 0.6) is 0 Å². The Kier molecular flexibility index (Phi) is 7.86. The SMILES string of the molecule is CC(C)(C)C1CCC(C(=O)OCC(=O)NCC(=O)Nc2ccc(F)c(F)c2F)CC1. The van der Waals surface area contributed by atoms with Gasteiger partial charge in [-0.15, -0.1) is 0 Å². The minimum atomic E-state index is -1.71. The molecule has 30 heavy (non-hydrogen) atoms. The Balaban J connectivity index is 1.70. The maximum Gasteiger partial charge on any atom is 0.309 e. The fraction of sp³-hybridized carbons (Fsp3) is 0.571. The Hall–Kier alpha value is -2.58. The number of hydrogen-bond acceptors (Lipinski definition) is 4. The van der Waals surface area contributed by atoms with Gasteiger partial charge in [0.25, 0.3) is 5.91 Å². The van der Waals surface area contributed by atoms with Crippen molar-refractivity contribution in [2.75, 3.05) is 18.5 Å². The van der Waals surface area contributed by atoms with E-state index in [4.69, 9.17) is 4.74 Å². The largest absolute Gasteiger partial charge is 0.455 e. The van der Waals surface area contributed by atoms with Gasteiger partial charge < -0.3 is 15.4 Å². The zero-order valence-corrected chi connectivity index (χ0v) is 17.3. The number of nitrogens with one attached hydrogen (secondary N) is 2. The number of benzene rings is 1. The number of rotatable bonds is 6. The molecule has 2 rings (SSSR count). The molecule has 9 heteroatoms. The van der Waals surface area contributed by atoms with Gasteiger partial charge >= 0.3 is 5.97 Å². The molecule has 0 unspecified atom stereocenters. The van der Waals surface area contributed by atoms with Gasteiger partial charge in [0.1, 0.15) is 0 Å². The number of halogens is 3. The van der Waals surface area contributed by atoms with Crippen molar-refractivity contribution in [3.63, 3.8) is 0 Å². The maximum absolute atomic E-state index is 13.5. The highest BCUT2D eigenvalue weighted by atomic mass is 19.2. The molecular weight excluding hydrogens is 401 g/mol. The maximum atomic E-state index is 13.5. The summed E-state index contributed by atoms with van der Waals surface area (Å²) in [7, 11) is 0. The fourth-order valence-corrected chi connectivity index (χ4v) is 3.50. The van der Waals surface area contributed by atoms with E-state index in [-0.39, 0.29) is 11.3 Å². The summed E-state index contributed by atoms with van der Waals surface area (Å²) in [6.07, 6.45) is 3.28. The summed E-state index contributed by atoms with van der Waals surface area (Å²) in [5.41, 5.74) is -0.358. The second kappa shape index (κ2) is 9.95. The first kappa shape index (κ1) is 23.7. The van der Waals surface area contributed by atoms with Crippen LogP contribution in [0.15, 0.2) is 12.1 Å². The summed E-state index contributed by atoms with van der Waals surface area (Å²) in [4.78, 5) is 35.7. The second-order valence-electron chi connectivity index (χ2n) is 8.57. The van der Waals surface area contributed by atoms with Gasteiger partial charge in [-0.25, -0.2) is 13.2 Å². The lowest BCUT2D eigenvalue weighted by Gasteiger charge is -2.36. The van der Waals surface area contributed by atoms with Crippen LogP contribution in [-0.4, -0.2) is 30.9 Å². The molecule has 0 aromatic heterocycles. The summed E-state index contributed by atoms with van der Waals surface area (Å²) in [5, 5.41) is 4.24. The molecule has 1 aliphatic carbocycles. The molecule has 1 aromatic carbocycles. The molecule has 1 saturated carbocycles. The normalized spacial score (nSPS) is 19.1. The van der Waals surface area contributed by atoms with Gasteiger partial charge in [-0.05, 0) is 49.1 Å². The first-order chi connectivity index (χ1) is 14.0. The molecule has 2 amide bonds. The Labute approximate surface area is 173 Å². The van der Waals surface area contributed by atoms with Crippen LogP contribution in [-0.2, 0) is 19.1 Å². The number of esters is 1. The Morgan fingerprint density at radius 1 is 1.00 bits per heavy atom. The topological polar surface area (TPSA) is 84.5 Å².